The van der Waals surface area contributed by atoms with E-state index in [4.69, 9.17) is 0 Å². The van der Waals surface area contributed by atoms with Crippen LogP contribution in [0.2, 0.25) is 0 Å². The molecule has 0 aliphatic heterocycles. The quantitative estimate of drug-likeness (QED) is 0.418. The van der Waals surface area contributed by atoms with Crippen molar-refractivity contribution in [2.24, 2.45) is 0 Å². The molecule has 1 heterocycles. The number of thiophene rings is 1. The van der Waals surface area contributed by atoms with Crippen LogP contribution in [0.4, 0.5) is 0 Å². The van der Waals surface area contributed by atoms with Crippen molar-refractivity contribution in [1.82, 2.24) is 0 Å². The van der Waals surface area contributed by atoms with Crippen molar-refractivity contribution >= 4 is 43.6 Å². The first-order valence-corrected chi connectivity index (χ1v) is 10.6. The normalized spacial score (nSPS) is 16.2. The molecule has 0 amide bonds. The molecule has 0 fully saturated rings. The van der Waals surface area contributed by atoms with Gasteiger partial charge in [0.1, 0.15) is 0 Å². The summed E-state index contributed by atoms with van der Waals surface area (Å²) in [6.45, 7) is 0. The van der Waals surface area contributed by atoms with Crippen molar-refractivity contribution in [1.29, 1.82) is 0 Å². The van der Waals surface area contributed by atoms with Crippen molar-refractivity contribution < 1.29 is 0 Å². The van der Waals surface area contributed by atoms with Gasteiger partial charge in [-0.15, -0.1) is 11.3 Å². The van der Waals surface area contributed by atoms with E-state index in [-0.39, 0.29) is 0 Å². The first kappa shape index (κ1) is 15.6. The van der Waals surface area contributed by atoms with Crippen molar-refractivity contribution in [3.05, 3.63) is 85.5 Å². The van der Waals surface area contributed by atoms with Crippen LogP contribution in [0.1, 0.15) is 40.8 Å². The Bertz CT molecular complexity index is 1040. The summed E-state index contributed by atoms with van der Waals surface area (Å²) in [5.41, 5.74) is 7.67. The molecule has 0 spiro atoms. The molecule has 0 saturated carbocycles. The van der Waals surface area contributed by atoms with Crippen LogP contribution in [-0.4, -0.2) is 0 Å². The van der Waals surface area contributed by atoms with E-state index in [2.05, 4.69) is 69.9 Å². The van der Waals surface area contributed by atoms with Crippen LogP contribution < -0.4 is 0 Å². The Morgan fingerprint density at radius 3 is 2.88 bits per heavy atom. The molecule has 0 unspecified atom stereocenters. The molecule has 3 aromatic rings. The van der Waals surface area contributed by atoms with E-state index in [1.54, 1.807) is 11.1 Å². The molecule has 2 aromatic carbocycles. The summed E-state index contributed by atoms with van der Waals surface area (Å²) >= 11 is 5.43. The van der Waals surface area contributed by atoms with Gasteiger partial charge < -0.3 is 0 Å². The number of rotatable bonds is 2. The number of benzene rings is 2. The summed E-state index contributed by atoms with van der Waals surface area (Å²) < 4.78 is 1.19. The molecule has 1 aromatic heterocycles. The topological polar surface area (TPSA) is 0 Å². The van der Waals surface area contributed by atoms with Gasteiger partial charge in [-0.1, -0.05) is 48.1 Å². The van der Waals surface area contributed by atoms with Gasteiger partial charge in [-0.05, 0) is 80.7 Å². The highest BCUT2D eigenvalue weighted by atomic mass is 79.9. The third kappa shape index (κ3) is 2.72. The van der Waals surface area contributed by atoms with Crippen molar-refractivity contribution in [3.63, 3.8) is 0 Å². The van der Waals surface area contributed by atoms with E-state index in [9.17, 15) is 0 Å². The Hall–Kier alpha value is -1.64. The minimum atomic E-state index is 1.02. The lowest BCUT2D eigenvalue weighted by Crippen LogP contribution is -2.08. The number of aryl methyl sites for hydroxylation is 1. The van der Waals surface area contributed by atoms with E-state index >= 15 is 0 Å². The Kier molecular flexibility index (Phi) is 3.91. The zero-order valence-electron chi connectivity index (χ0n) is 14.0. The van der Waals surface area contributed by atoms with E-state index in [1.807, 2.05) is 11.3 Å². The van der Waals surface area contributed by atoms with Gasteiger partial charge in [0.05, 0.1) is 0 Å². The van der Waals surface area contributed by atoms with Gasteiger partial charge in [0.2, 0.25) is 0 Å². The highest BCUT2D eigenvalue weighted by molar-refractivity contribution is 9.10. The van der Waals surface area contributed by atoms with E-state index < -0.39 is 0 Å². The van der Waals surface area contributed by atoms with Crippen LogP contribution in [0.5, 0.6) is 0 Å². The first-order valence-electron chi connectivity index (χ1n) is 8.95. The molecular weight excluding hydrogens is 388 g/mol. The molecule has 25 heavy (non-hydrogen) atoms. The smallest absolute Gasteiger partial charge is 0.0285 e. The first-order chi connectivity index (χ1) is 12.3. The Morgan fingerprint density at radius 1 is 1.04 bits per heavy atom. The van der Waals surface area contributed by atoms with Gasteiger partial charge in [0.15, 0.2) is 0 Å². The largest absolute Gasteiger partial charge is 0.147 e. The fraction of sp³-hybridized carbons (Fsp3) is 0.217. The van der Waals surface area contributed by atoms with Crippen LogP contribution in [0, 0.1) is 0 Å². The number of halogens is 1. The van der Waals surface area contributed by atoms with Gasteiger partial charge in [-0.25, -0.2) is 0 Å². The molecule has 0 nitrogen and oxygen atoms in total. The van der Waals surface area contributed by atoms with Crippen LogP contribution in [0.3, 0.4) is 0 Å². The summed E-state index contributed by atoms with van der Waals surface area (Å²) in [4.78, 5) is 1.42. The van der Waals surface area contributed by atoms with E-state index in [0.29, 0.717) is 0 Å². The minimum absolute atomic E-state index is 1.02. The molecule has 2 heteroatoms. The Balaban J connectivity index is 1.70. The third-order valence-corrected chi connectivity index (χ3v) is 7.17. The zero-order chi connectivity index (χ0) is 16.8. The number of hydrogen-bond donors (Lipinski definition) is 0. The lowest BCUT2D eigenvalue weighted by Gasteiger charge is -2.26. The summed E-state index contributed by atoms with van der Waals surface area (Å²) in [6, 6.07) is 13.7. The van der Waals surface area contributed by atoms with Crippen molar-refractivity contribution in [2.45, 2.75) is 32.1 Å². The predicted octanol–water partition coefficient (Wildman–Crippen LogP) is 7.30. The lowest BCUT2D eigenvalue weighted by molar-refractivity contribution is 0.830. The second-order valence-corrected chi connectivity index (χ2v) is 8.88. The molecule has 2 aliphatic carbocycles. The molecule has 124 valence electrons. The highest BCUT2D eigenvalue weighted by Gasteiger charge is 2.21. The second kappa shape index (κ2) is 6.26. The van der Waals surface area contributed by atoms with Crippen molar-refractivity contribution in [2.75, 3.05) is 0 Å². The van der Waals surface area contributed by atoms with Crippen LogP contribution in [0.15, 0.2) is 64.0 Å². The fourth-order valence-corrected chi connectivity index (χ4v) is 5.83. The summed E-state index contributed by atoms with van der Waals surface area (Å²) in [5, 5.41) is 5.06. The predicted molar refractivity (Wildman–Crippen MR) is 112 cm³/mol. The maximum atomic E-state index is 3.59. The van der Waals surface area contributed by atoms with E-state index in [0.717, 1.165) is 6.42 Å². The van der Waals surface area contributed by atoms with Crippen LogP contribution >= 0.6 is 27.3 Å². The lowest BCUT2D eigenvalue weighted by atomic mass is 9.78. The SMILES string of the molecule is Brc1csc(Cc2cccc3ccc4c(c23)CCC2=C4C=CCC2)c1. The molecule has 2 aliphatic rings. The highest BCUT2D eigenvalue weighted by Crippen LogP contribution is 2.41. The molecule has 0 N–H and O–H groups in total. The standard InChI is InChI=1S/C23H19BrS/c24-18-13-19(25-14-18)12-17-6-3-5-16-9-10-21-20-7-2-1-4-15(20)8-11-22(21)23(16)17/h2-3,5-7,9-10,13-14H,1,4,8,11-12H2. The summed E-state index contributed by atoms with van der Waals surface area (Å²) in [6.07, 6.45) is 10.6. The van der Waals surface area contributed by atoms with Gasteiger partial charge >= 0.3 is 0 Å². The molecule has 0 atom stereocenters. The van der Waals surface area contributed by atoms with Crippen LogP contribution in [-0.2, 0) is 12.8 Å². The monoisotopic (exact) mass is 406 g/mol. The average molecular weight is 407 g/mol. The summed E-state index contributed by atoms with van der Waals surface area (Å²) in [7, 11) is 0. The van der Waals surface area contributed by atoms with Gasteiger partial charge in [-0.2, -0.15) is 0 Å². The zero-order valence-corrected chi connectivity index (χ0v) is 16.4. The molecule has 0 radical (unpaired) electrons. The molecule has 0 bridgehead atoms. The molecule has 0 saturated heterocycles. The van der Waals surface area contributed by atoms with Crippen LogP contribution in [0.25, 0.3) is 16.3 Å². The molecular formula is C23H19BrS. The molecule has 5 rings (SSSR count). The number of hydrogen-bond acceptors (Lipinski definition) is 1. The van der Waals surface area contributed by atoms with Gasteiger partial charge in [0.25, 0.3) is 0 Å². The number of allylic oxidation sites excluding steroid dienone is 4. The number of fused-ring (bicyclic) bond motifs is 4. The summed E-state index contributed by atoms with van der Waals surface area (Å²) in [5.74, 6) is 0. The van der Waals surface area contributed by atoms with Crippen molar-refractivity contribution in [3.8, 4) is 0 Å². The van der Waals surface area contributed by atoms with E-state index in [1.165, 1.54) is 62.5 Å². The maximum absolute atomic E-state index is 3.59. The van der Waals surface area contributed by atoms with Gasteiger partial charge in [0, 0.05) is 21.2 Å². The Labute approximate surface area is 161 Å². The fourth-order valence-electron chi connectivity index (χ4n) is 4.36. The minimum Gasteiger partial charge on any atom is -0.147 e. The maximum Gasteiger partial charge on any atom is 0.0285 e. The third-order valence-electron chi connectivity index (χ3n) is 5.47. The Morgan fingerprint density at radius 2 is 2.00 bits per heavy atom. The second-order valence-electron chi connectivity index (χ2n) is 6.97. The van der Waals surface area contributed by atoms with Gasteiger partial charge in [-0.3, -0.25) is 0 Å². The average Bonchev–Trinajstić information content (AvgIpc) is 3.06.